The summed E-state index contributed by atoms with van der Waals surface area (Å²) in [5.74, 6) is -0.328. The number of piperazine rings is 1. The number of rotatable bonds is 5. The van der Waals surface area contributed by atoms with Gasteiger partial charge in [-0.05, 0) is 5.56 Å². The third kappa shape index (κ3) is 3.98. The largest absolute Gasteiger partial charge is 0.339 e. The fourth-order valence-electron chi connectivity index (χ4n) is 3.85. The minimum atomic E-state index is -3.48. The maximum Gasteiger partial charge on any atom is 0.332 e. The molecule has 0 aliphatic carbocycles. The molecule has 0 atom stereocenters. The summed E-state index contributed by atoms with van der Waals surface area (Å²) in [6.07, 6.45) is 1.37. The molecule has 0 radical (unpaired) electrons. The molecular weight excluding hydrogens is 436 g/mol. The van der Waals surface area contributed by atoms with Crippen molar-refractivity contribution in [3.8, 4) is 0 Å². The lowest BCUT2D eigenvalue weighted by Crippen LogP contribution is -2.51. The van der Waals surface area contributed by atoms with E-state index in [1.807, 2.05) is 6.07 Å². The highest BCUT2D eigenvalue weighted by Crippen LogP contribution is 2.14. The number of fused-ring (bicyclic) bond motifs is 1. The molecule has 1 aliphatic rings. The monoisotopic (exact) mass is 460 g/mol. The van der Waals surface area contributed by atoms with Gasteiger partial charge in [0.2, 0.25) is 15.9 Å². The van der Waals surface area contributed by atoms with E-state index in [1.165, 1.54) is 33.9 Å². The van der Waals surface area contributed by atoms with Crippen molar-refractivity contribution in [3.05, 3.63) is 63.1 Å². The zero-order valence-electron chi connectivity index (χ0n) is 17.8. The highest BCUT2D eigenvalue weighted by molar-refractivity contribution is 7.88. The second kappa shape index (κ2) is 8.36. The summed E-state index contributed by atoms with van der Waals surface area (Å²) in [5.41, 5.74) is 0.0841. The number of nitrogens with zero attached hydrogens (tertiary/aromatic N) is 6. The topological polar surface area (TPSA) is 120 Å². The van der Waals surface area contributed by atoms with Crippen molar-refractivity contribution in [2.24, 2.45) is 14.1 Å². The minimum Gasteiger partial charge on any atom is -0.339 e. The Bertz CT molecular complexity index is 1380. The van der Waals surface area contributed by atoms with Crippen LogP contribution in [0.15, 0.2) is 46.2 Å². The normalized spacial score (nSPS) is 15.4. The molecule has 1 aromatic carbocycles. The summed E-state index contributed by atoms with van der Waals surface area (Å²) in [6.45, 7) is 0.816. The number of carbonyl (C=O) groups is 1. The van der Waals surface area contributed by atoms with Gasteiger partial charge in [-0.2, -0.15) is 4.31 Å². The summed E-state index contributed by atoms with van der Waals surface area (Å²) in [6, 6.07) is 8.97. The molecule has 170 valence electrons. The van der Waals surface area contributed by atoms with Crippen molar-refractivity contribution in [3.63, 3.8) is 0 Å². The van der Waals surface area contributed by atoms with Crippen LogP contribution in [0.2, 0.25) is 0 Å². The van der Waals surface area contributed by atoms with Gasteiger partial charge in [-0.15, -0.1) is 0 Å². The number of sulfonamides is 1. The lowest BCUT2D eigenvalue weighted by Gasteiger charge is -2.34. The van der Waals surface area contributed by atoms with E-state index in [4.69, 9.17) is 0 Å². The van der Waals surface area contributed by atoms with E-state index >= 15 is 0 Å². The fourth-order valence-corrected chi connectivity index (χ4v) is 5.37. The van der Waals surface area contributed by atoms with Crippen LogP contribution in [-0.2, 0) is 41.2 Å². The van der Waals surface area contributed by atoms with Crippen molar-refractivity contribution in [1.29, 1.82) is 0 Å². The predicted molar refractivity (Wildman–Crippen MR) is 117 cm³/mol. The number of aromatic nitrogens is 4. The Morgan fingerprint density at radius 1 is 1.00 bits per heavy atom. The molecule has 3 aromatic rings. The van der Waals surface area contributed by atoms with Crippen molar-refractivity contribution in [2.75, 3.05) is 26.2 Å². The lowest BCUT2D eigenvalue weighted by molar-refractivity contribution is -0.132. The maximum absolute atomic E-state index is 12.8. The van der Waals surface area contributed by atoms with Crippen LogP contribution in [0.3, 0.4) is 0 Å². The molecule has 0 unspecified atom stereocenters. The van der Waals surface area contributed by atoms with Crippen LogP contribution in [-0.4, -0.2) is 68.4 Å². The number of benzene rings is 1. The first-order valence-corrected chi connectivity index (χ1v) is 11.7. The van der Waals surface area contributed by atoms with Gasteiger partial charge in [0.05, 0.1) is 12.1 Å². The molecular formula is C20H24N6O5S. The Kier molecular flexibility index (Phi) is 5.73. The quantitative estimate of drug-likeness (QED) is 0.487. The number of carbonyl (C=O) groups excluding carboxylic acids is 1. The summed E-state index contributed by atoms with van der Waals surface area (Å²) in [5, 5.41) is 0. The molecule has 11 nitrogen and oxygen atoms in total. The highest BCUT2D eigenvalue weighted by Gasteiger charge is 2.29. The van der Waals surface area contributed by atoms with Crippen LogP contribution in [0.5, 0.6) is 0 Å². The third-order valence-electron chi connectivity index (χ3n) is 5.70. The van der Waals surface area contributed by atoms with E-state index in [2.05, 4.69) is 4.98 Å². The predicted octanol–water partition coefficient (Wildman–Crippen LogP) is -0.892. The van der Waals surface area contributed by atoms with Gasteiger partial charge < -0.3 is 9.47 Å². The second-order valence-corrected chi connectivity index (χ2v) is 9.74. The summed E-state index contributed by atoms with van der Waals surface area (Å²) in [4.78, 5) is 43.1. The van der Waals surface area contributed by atoms with Gasteiger partial charge in [-0.3, -0.25) is 18.7 Å². The fraction of sp³-hybridized carbons (Fsp3) is 0.400. The molecule has 2 aromatic heterocycles. The van der Waals surface area contributed by atoms with Crippen LogP contribution >= 0.6 is 0 Å². The summed E-state index contributed by atoms with van der Waals surface area (Å²) in [7, 11) is -0.594. The first-order chi connectivity index (χ1) is 15.2. The van der Waals surface area contributed by atoms with Crippen molar-refractivity contribution >= 4 is 27.1 Å². The zero-order valence-corrected chi connectivity index (χ0v) is 18.7. The molecule has 0 N–H and O–H groups in total. The summed E-state index contributed by atoms with van der Waals surface area (Å²) < 4.78 is 30.5. The molecule has 1 saturated heterocycles. The molecule has 0 saturated carbocycles. The Labute approximate surface area is 184 Å². The van der Waals surface area contributed by atoms with Gasteiger partial charge in [-0.25, -0.2) is 18.2 Å². The van der Waals surface area contributed by atoms with E-state index < -0.39 is 21.3 Å². The van der Waals surface area contributed by atoms with Crippen LogP contribution in [0.25, 0.3) is 11.2 Å². The first kappa shape index (κ1) is 22.0. The van der Waals surface area contributed by atoms with Gasteiger partial charge in [0.1, 0.15) is 6.54 Å². The van der Waals surface area contributed by atoms with Gasteiger partial charge in [0.25, 0.3) is 5.56 Å². The van der Waals surface area contributed by atoms with E-state index in [-0.39, 0.29) is 55.5 Å². The number of hydrogen-bond donors (Lipinski definition) is 0. The first-order valence-electron chi connectivity index (χ1n) is 10.1. The van der Waals surface area contributed by atoms with Crippen molar-refractivity contribution < 1.29 is 13.2 Å². The van der Waals surface area contributed by atoms with Gasteiger partial charge in [0, 0.05) is 40.3 Å². The lowest BCUT2D eigenvalue weighted by atomic mass is 10.2. The molecule has 12 heteroatoms. The van der Waals surface area contributed by atoms with Gasteiger partial charge in [-0.1, -0.05) is 30.3 Å². The smallest absolute Gasteiger partial charge is 0.332 e. The maximum atomic E-state index is 12.8. The average Bonchev–Trinajstić information content (AvgIpc) is 3.20. The van der Waals surface area contributed by atoms with E-state index in [0.717, 1.165) is 4.57 Å². The Morgan fingerprint density at radius 2 is 1.66 bits per heavy atom. The molecule has 3 heterocycles. The zero-order chi connectivity index (χ0) is 23.0. The third-order valence-corrected chi connectivity index (χ3v) is 7.55. The second-order valence-electron chi connectivity index (χ2n) is 7.77. The molecule has 1 amide bonds. The Balaban J connectivity index is 1.45. The summed E-state index contributed by atoms with van der Waals surface area (Å²) >= 11 is 0. The SMILES string of the molecule is Cn1c(=O)c2c(ncn2CC(=O)N2CCN(S(=O)(=O)Cc3ccccc3)CC2)n(C)c1=O. The number of imidazole rings is 1. The average molecular weight is 461 g/mol. The van der Waals surface area contributed by atoms with Crippen LogP contribution in [0, 0.1) is 0 Å². The molecule has 1 fully saturated rings. The van der Waals surface area contributed by atoms with Crippen LogP contribution in [0.1, 0.15) is 5.56 Å². The molecule has 1 aliphatic heterocycles. The van der Waals surface area contributed by atoms with E-state index in [9.17, 15) is 22.8 Å². The molecule has 32 heavy (non-hydrogen) atoms. The van der Waals surface area contributed by atoms with Gasteiger partial charge in [0.15, 0.2) is 11.2 Å². The van der Waals surface area contributed by atoms with Crippen LogP contribution in [0.4, 0.5) is 0 Å². The standard InChI is InChI=1S/C20H24N6O5S/c1-22-18-17(19(28)23(2)20(22)29)25(14-21-18)12-16(27)24-8-10-26(11-9-24)32(30,31)13-15-6-4-3-5-7-15/h3-7,14H,8-13H2,1-2H3. The van der Waals surface area contributed by atoms with E-state index in [0.29, 0.717) is 5.56 Å². The molecule has 0 spiro atoms. The van der Waals surface area contributed by atoms with Gasteiger partial charge >= 0.3 is 5.69 Å². The number of aryl methyl sites for hydroxylation is 1. The number of hydrogen-bond acceptors (Lipinski definition) is 6. The Hall–Kier alpha value is -3.25. The number of amides is 1. The van der Waals surface area contributed by atoms with Crippen LogP contribution < -0.4 is 11.2 Å². The van der Waals surface area contributed by atoms with E-state index in [1.54, 1.807) is 29.2 Å². The Morgan fingerprint density at radius 3 is 2.31 bits per heavy atom. The molecule has 4 rings (SSSR count). The molecule has 0 bridgehead atoms. The van der Waals surface area contributed by atoms with Crippen molar-refractivity contribution in [1.82, 2.24) is 27.9 Å². The van der Waals surface area contributed by atoms with Crippen molar-refractivity contribution in [2.45, 2.75) is 12.3 Å². The highest BCUT2D eigenvalue weighted by atomic mass is 32.2. The minimum absolute atomic E-state index is 0.0785.